The fraction of sp³-hybridized carbons (Fsp3) is 0.364. The number of nitrogens with two attached hydrogens (primary N) is 2. The Balaban J connectivity index is 2.72. The molecule has 0 aliphatic carbocycles. The molecule has 0 atom stereocenters. The zero-order chi connectivity index (χ0) is 14.5. The van der Waals surface area contributed by atoms with Crippen LogP contribution in [0.4, 0.5) is 4.79 Å². The molecule has 0 aliphatic heterocycles. The normalized spacial score (nSPS) is 11.3. The average molecular weight is 286 g/mol. The Labute approximate surface area is 112 Å². The SMILES string of the molecule is Cc1cc(S(=O)(=O)NCCNC(N)=O)ccc1CN. The van der Waals surface area contributed by atoms with Gasteiger partial charge in [-0.2, -0.15) is 0 Å². The number of amides is 2. The molecule has 0 spiro atoms. The molecule has 0 aromatic heterocycles. The largest absolute Gasteiger partial charge is 0.352 e. The molecule has 1 aromatic carbocycles. The molecule has 0 aliphatic rings. The van der Waals surface area contributed by atoms with E-state index < -0.39 is 16.1 Å². The predicted molar refractivity (Wildman–Crippen MR) is 71.8 cm³/mol. The quantitative estimate of drug-likeness (QED) is 0.521. The van der Waals surface area contributed by atoms with E-state index in [0.717, 1.165) is 11.1 Å². The highest BCUT2D eigenvalue weighted by Crippen LogP contribution is 2.14. The molecule has 6 N–H and O–H groups in total. The van der Waals surface area contributed by atoms with Crippen molar-refractivity contribution in [1.29, 1.82) is 0 Å². The van der Waals surface area contributed by atoms with E-state index in [9.17, 15) is 13.2 Å². The molecule has 19 heavy (non-hydrogen) atoms. The number of hydrogen-bond donors (Lipinski definition) is 4. The Hall–Kier alpha value is -1.64. The van der Waals surface area contributed by atoms with Crippen LogP contribution in [0.15, 0.2) is 23.1 Å². The molecule has 106 valence electrons. The number of hydrogen-bond acceptors (Lipinski definition) is 4. The summed E-state index contributed by atoms with van der Waals surface area (Å²) in [4.78, 5) is 10.6. The van der Waals surface area contributed by atoms with Crippen LogP contribution < -0.4 is 21.5 Å². The van der Waals surface area contributed by atoms with Crippen molar-refractivity contribution in [3.63, 3.8) is 0 Å². The first kappa shape index (κ1) is 15.4. The Morgan fingerprint density at radius 2 is 2.00 bits per heavy atom. The average Bonchev–Trinajstić information content (AvgIpc) is 2.34. The van der Waals surface area contributed by atoms with Gasteiger partial charge in [-0.15, -0.1) is 0 Å². The summed E-state index contributed by atoms with van der Waals surface area (Å²) in [6.45, 7) is 2.37. The lowest BCUT2D eigenvalue weighted by Crippen LogP contribution is -2.37. The van der Waals surface area contributed by atoms with Gasteiger partial charge in [0.25, 0.3) is 0 Å². The van der Waals surface area contributed by atoms with Crippen molar-refractivity contribution in [3.8, 4) is 0 Å². The molecular formula is C11H18N4O3S. The van der Waals surface area contributed by atoms with Gasteiger partial charge in [0.2, 0.25) is 10.0 Å². The monoisotopic (exact) mass is 286 g/mol. The van der Waals surface area contributed by atoms with Crippen molar-refractivity contribution in [3.05, 3.63) is 29.3 Å². The molecular weight excluding hydrogens is 268 g/mol. The number of benzene rings is 1. The van der Waals surface area contributed by atoms with Crippen molar-refractivity contribution < 1.29 is 13.2 Å². The second-order valence-corrected chi connectivity index (χ2v) is 5.75. The standard InChI is InChI=1S/C11H18N4O3S/c1-8-6-10(3-2-9(8)7-12)19(17,18)15-5-4-14-11(13)16/h2-3,6,15H,4-5,7,12H2,1H3,(H3,13,14,16). The summed E-state index contributed by atoms with van der Waals surface area (Å²) in [5, 5.41) is 2.29. The van der Waals surface area contributed by atoms with Gasteiger partial charge in [-0.3, -0.25) is 0 Å². The number of nitrogens with one attached hydrogen (secondary N) is 2. The summed E-state index contributed by atoms with van der Waals surface area (Å²) in [5.41, 5.74) is 12.1. The lowest BCUT2D eigenvalue weighted by molar-refractivity contribution is 0.249. The van der Waals surface area contributed by atoms with E-state index in [1.165, 1.54) is 6.07 Å². The number of sulfonamides is 1. The van der Waals surface area contributed by atoms with Crippen LogP contribution in [0.3, 0.4) is 0 Å². The zero-order valence-electron chi connectivity index (χ0n) is 10.6. The number of primary amides is 1. The van der Waals surface area contributed by atoms with Crippen molar-refractivity contribution in [2.45, 2.75) is 18.4 Å². The fourth-order valence-electron chi connectivity index (χ4n) is 1.52. The molecule has 7 nitrogen and oxygen atoms in total. The van der Waals surface area contributed by atoms with Crippen molar-refractivity contribution in [2.24, 2.45) is 11.5 Å². The first-order valence-electron chi connectivity index (χ1n) is 5.69. The number of carbonyl (C=O) groups is 1. The first-order valence-corrected chi connectivity index (χ1v) is 7.17. The molecule has 0 saturated heterocycles. The Morgan fingerprint density at radius 3 is 2.53 bits per heavy atom. The molecule has 0 heterocycles. The van der Waals surface area contributed by atoms with E-state index in [1.54, 1.807) is 19.1 Å². The highest BCUT2D eigenvalue weighted by Gasteiger charge is 2.14. The lowest BCUT2D eigenvalue weighted by Gasteiger charge is -2.09. The smallest absolute Gasteiger partial charge is 0.312 e. The van der Waals surface area contributed by atoms with Crippen LogP contribution in [0.2, 0.25) is 0 Å². The predicted octanol–water partition coefficient (Wildman–Crippen LogP) is -0.600. The third kappa shape index (κ3) is 4.51. The van der Waals surface area contributed by atoms with Gasteiger partial charge in [-0.25, -0.2) is 17.9 Å². The van der Waals surface area contributed by atoms with Gasteiger partial charge in [0.1, 0.15) is 0 Å². The van der Waals surface area contributed by atoms with Gasteiger partial charge in [-0.1, -0.05) is 6.07 Å². The topological polar surface area (TPSA) is 127 Å². The summed E-state index contributed by atoms with van der Waals surface area (Å²) in [7, 11) is -3.59. The minimum Gasteiger partial charge on any atom is -0.352 e. The Bertz CT molecular complexity index is 557. The maximum absolute atomic E-state index is 11.9. The van der Waals surface area contributed by atoms with Crippen molar-refractivity contribution in [1.82, 2.24) is 10.0 Å². The van der Waals surface area contributed by atoms with E-state index in [2.05, 4.69) is 10.0 Å². The fourth-order valence-corrected chi connectivity index (χ4v) is 2.64. The van der Waals surface area contributed by atoms with Crippen LogP contribution in [-0.4, -0.2) is 27.5 Å². The minimum absolute atomic E-state index is 0.0724. The second-order valence-electron chi connectivity index (χ2n) is 3.98. The summed E-state index contributed by atoms with van der Waals surface area (Å²) in [6.07, 6.45) is 0. The third-order valence-corrected chi connectivity index (χ3v) is 4.02. The summed E-state index contributed by atoms with van der Waals surface area (Å²) >= 11 is 0. The molecule has 0 bridgehead atoms. The van der Waals surface area contributed by atoms with Crippen LogP contribution >= 0.6 is 0 Å². The van der Waals surface area contributed by atoms with E-state index in [4.69, 9.17) is 11.5 Å². The zero-order valence-corrected chi connectivity index (χ0v) is 11.5. The molecule has 2 amide bonds. The van der Waals surface area contributed by atoms with E-state index in [0.29, 0.717) is 6.54 Å². The molecule has 0 unspecified atom stereocenters. The first-order chi connectivity index (χ1) is 8.86. The molecule has 1 aromatic rings. The highest BCUT2D eigenvalue weighted by molar-refractivity contribution is 7.89. The van der Waals surface area contributed by atoms with Crippen molar-refractivity contribution in [2.75, 3.05) is 13.1 Å². The summed E-state index contributed by atoms with van der Waals surface area (Å²) in [5.74, 6) is 0. The molecule has 0 radical (unpaired) electrons. The lowest BCUT2D eigenvalue weighted by atomic mass is 10.1. The van der Waals surface area contributed by atoms with Crippen LogP contribution in [0.25, 0.3) is 0 Å². The Kier molecular flexibility index (Phi) is 5.28. The van der Waals surface area contributed by atoms with Gasteiger partial charge >= 0.3 is 6.03 Å². The van der Waals surface area contributed by atoms with Gasteiger partial charge in [-0.05, 0) is 30.2 Å². The van der Waals surface area contributed by atoms with Crippen LogP contribution in [0.5, 0.6) is 0 Å². The third-order valence-electron chi connectivity index (χ3n) is 2.56. The number of carbonyl (C=O) groups excluding carboxylic acids is 1. The van der Waals surface area contributed by atoms with Gasteiger partial charge in [0.05, 0.1) is 4.90 Å². The van der Waals surface area contributed by atoms with Crippen molar-refractivity contribution >= 4 is 16.1 Å². The van der Waals surface area contributed by atoms with Crippen LogP contribution in [-0.2, 0) is 16.6 Å². The van der Waals surface area contributed by atoms with E-state index >= 15 is 0 Å². The molecule has 0 saturated carbocycles. The van der Waals surface area contributed by atoms with Crippen LogP contribution in [0.1, 0.15) is 11.1 Å². The maximum atomic E-state index is 11.9. The molecule has 1 rings (SSSR count). The maximum Gasteiger partial charge on any atom is 0.312 e. The van der Waals surface area contributed by atoms with Gasteiger partial charge in [0.15, 0.2) is 0 Å². The molecule has 0 fully saturated rings. The van der Waals surface area contributed by atoms with Gasteiger partial charge < -0.3 is 16.8 Å². The highest BCUT2D eigenvalue weighted by atomic mass is 32.2. The number of rotatable bonds is 6. The molecule has 8 heteroatoms. The van der Waals surface area contributed by atoms with E-state index in [1.807, 2.05) is 0 Å². The number of aryl methyl sites for hydroxylation is 1. The minimum atomic E-state index is -3.59. The van der Waals surface area contributed by atoms with Crippen LogP contribution in [0, 0.1) is 6.92 Å². The second kappa shape index (κ2) is 6.50. The summed E-state index contributed by atoms with van der Waals surface area (Å²) in [6, 6.07) is 4.05. The van der Waals surface area contributed by atoms with Gasteiger partial charge in [0, 0.05) is 19.6 Å². The van der Waals surface area contributed by atoms with E-state index in [-0.39, 0.29) is 18.0 Å². The number of urea groups is 1. The Morgan fingerprint density at radius 1 is 1.32 bits per heavy atom. The summed E-state index contributed by atoms with van der Waals surface area (Å²) < 4.78 is 26.3.